The predicted molar refractivity (Wildman–Crippen MR) is 118 cm³/mol. The van der Waals surface area contributed by atoms with Crippen LogP contribution in [-0.4, -0.2) is 64.0 Å². The van der Waals surface area contributed by atoms with Crippen LogP contribution in [0.5, 0.6) is 0 Å². The van der Waals surface area contributed by atoms with E-state index in [1.54, 1.807) is 0 Å². The number of hydrogen-bond donors (Lipinski definition) is 2. The molecule has 1 unspecified atom stereocenters. The van der Waals surface area contributed by atoms with Gasteiger partial charge in [0.15, 0.2) is 0 Å². The fraction of sp³-hybridized carbons (Fsp3) is 0.458. The number of benzene rings is 2. The van der Waals surface area contributed by atoms with Gasteiger partial charge in [0.05, 0.1) is 5.92 Å². The molecule has 0 bridgehead atoms. The molecule has 0 spiro atoms. The highest BCUT2D eigenvalue weighted by atomic mass is 16.4. The summed E-state index contributed by atoms with van der Waals surface area (Å²) in [5.74, 6) is -3.05. The molecule has 7 nitrogen and oxygen atoms in total. The zero-order valence-electron chi connectivity index (χ0n) is 17.7. The van der Waals surface area contributed by atoms with E-state index in [4.69, 9.17) is 19.8 Å². The number of aliphatic carboxylic acids is 2. The maximum Gasteiger partial charge on any atom is 0.414 e. The van der Waals surface area contributed by atoms with Gasteiger partial charge in [0.25, 0.3) is 0 Å². The van der Waals surface area contributed by atoms with Gasteiger partial charge in [-0.15, -0.1) is 0 Å². The van der Waals surface area contributed by atoms with Crippen molar-refractivity contribution in [2.75, 3.05) is 26.2 Å². The summed E-state index contributed by atoms with van der Waals surface area (Å²) >= 11 is 0. The Morgan fingerprint density at radius 3 is 2.23 bits per heavy atom. The first-order valence-corrected chi connectivity index (χ1v) is 10.9. The Labute approximate surface area is 182 Å². The summed E-state index contributed by atoms with van der Waals surface area (Å²) in [5.41, 5.74) is 1.38. The highest BCUT2D eigenvalue weighted by Gasteiger charge is 2.29. The number of nitrogens with zero attached hydrogens (tertiary/aromatic N) is 2. The van der Waals surface area contributed by atoms with Crippen LogP contribution in [0.25, 0.3) is 10.8 Å². The minimum absolute atomic E-state index is 0.196. The summed E-state index contributed by atoms with van der Waals surface area (Å²) in [6.45, 7) is 4.91. The highest BCUT2D eigenvalue weighted by Crippen LogP contribution is 2.25. The van der Waals surface area contributed by atoms with Crippen molar-refractivity contribution in [2.45, 2.75) is 38.6 Å². The SMILES string of the molecule is O=C(C1CCCN(Cc2cccc3ccccc23)C1)N1CCCCC1.O=C(O)C(=O)O. The molecule has 0 aliphatic carbocycles. The molecule has 2 N–H and O–H groups in total. The van der Waals surface area contributed by atoms with Gasteiger partial charge in [-0.2, -0.15) is 0 Å². The van der Waals surface area contributed by atoms with E-state index in [0.29, 0.717) is 5.91 Å². The van der Waals surface area contributed by atoms with Crippen LogP contribution in [0.2, 0.25) is 0 Å². The first-order valence-electron chi connectivity index (χ1n) is 10.9. The van der Waals surface area contributed by atoms with Crippen molar-refractivity contribution in [3.63, 3.8) is 0 Å². The molecule has 7 heteroatoms. The zero-order chi connectivity index (χ0) is 22.2. The van der Waals surface area contributed by atoms with Gasteiger partial charge in [0, 0.05) is 26.2 Å². The van der Waals surface area contributed by atoms with Crippen molar-refractivity contribution in [3.8, 4) is 0 Å². The van der Waals surface area contributed by atoms with E-state index in [1.165, 1.54) is 35.6 Å². The zero-order valence-corrected chi connectivity index (χ0v) is 17.7. The second-order valence-electron chi connectivity index (χ2n) is 8.21. The lowest BCUT2D eigenvalue weighted by atomic mass is 9.94. The number of carbonyl (C=O) groups excluding carboxylic acids is 1. The van der Waals surface area contributed by atoms with Gasteiger partial charge < -0.3 is 15.1 Å². The summed E-state index contributed by atoms with van der Waals surface area (Å²) < 4.78 is 0. The topological polar surface area (TPSA) is 98.2 Å². The van der Waals surface area contributed by atoms with Crippen molar-refractivity contribution in [1.82, 2.24) is 9.80 Å². The van der Waals surface area contributed by atoms with Gasteiger partial charge in [-0.1, -0.05) is 42.5 Å². The molecule has 0 radical (unpaired) electrons. The number of likely N-dealkylation sites (tertiary alicyclic amines) is 2. The minimum Gasteiger partial charge on any atom is -0.473 e. The monoisotopic (exact) mass is 426 g/mol. The van der Waals surface area contributed by atoms with Crippen LogP contribution < -0.4 is 0 Å². The van der Waals surface area contributed by atoms with Crippen molar-refractivity contribution in [3.05, 3.63) is 48.0 Å². The smallest absolute Gasteiger partial charge is 0.414 e. The molecule has 2 aromatic rings. The van der Waals surface area contributed by atoms with Crippen molar-refractivity contribution in [2.24, 2.45) is 5.92 Å². The third kappa shape index (κ3) is 6.28. The Hall–Kier alpha value is -2.93. The molecule has 166 valence electrons. The number of carbonyl (C=O) groups is 3. The average Bonchev–Trinajstić information content (AvgIpc) is 2.80. The molecule has 2 fully saturated rings. The molecule has 2 aliphatic heterocycles. The van der Waals surface area contributed by atoms with Gasteiger partial charge in [0.2, 0.25) is 5.91 Å². The Morgan fingerprint density at radius 2 is 1.52 bits per heavy atom. The van der Waals surface area contributed by atoms with Crippen molar-refractivity contribution < 1.29 is 24.6 Å². The number of carboxylic acid groups (broad SMARTS) is 2. The van der Waals surface area contributed by atoms with Crippen LogP contribution >= 0.6 is 0 Å². The third-order valence-electron chi connectivity index (χ3n) is 5.98. The van der Waals surface area contributed by atoms with Crippen LogP contribution in [0.1, 0.15) is 37.7 Å². The van der Waals surface area contributed by atoms with Crippen molar-refractivity contribution in [1.29, 1.82) is 0 Å². The van der Waals surface area contributed by atoms with Gasteiger partial charge in [0.1, 0.15) is 0 Å². The van der Waals surface area contributed by atoms with E-state index in [1.807, 2.05) is 0 Å². The standard InChI is InChI=1S/C22H28N2O.C2H2O4/c25-22(24-14-4-1-5-15-24)20-11-7-13-23(17-20)16-19-10-6-9-18-8-2-3-12-21(18)19;3-1(4)2(5)6/h2-3,6,8-10,12,20H,1,4-5,7,11,13-17H2;(H,3,4)(H,5,6). The van der Waals surface area contributed by atoms with E-state index in [2.05, 4.69) is 52.3 Å². The van der Waals surface area contributed by atoms with Crippen LogP contribution in [0.15, 0.2) is 42.5 Å². The van der Waals surface area contributed by atoms with Crippen molar-refractivity contribution >= 4 is 28.6 Å². The molecule has 2 heterocycles. The number of hydrogen-bond acceptors (Lipinski definition) is 4. The quantitative estimate of drug-likeness (QED) is 0.732. The molecule has 2 saturated heterocycles. The molecular weight excluding hydrogens is 396 g/mol. The van der Waals surface area contributed by atoms with E-state index in [9.17, 15) is 4.79 Å². The lowest BCUT2D eigenvalue weighted by Gasteiger charge is -2.36. The molecule has 31 heavy (non-hydrogen) atoms. The lowest BCUT2D eigenvalue weighted by molar-refractivity contribution is -0.159. The fourth-order valence-electron chi connectivity index (χ4n) is 4.44. The lowest BCUT2D eigenvalue weighted by Crippen LogP contribution is -2.46. The first kappa shape index (κ1) is 22.7. The molecule has 2 aromatic carbocycles. The summed E-state index contributed by atoms with van der Waals surface area (Å²) in [7, 11) is 0. The molecule has 0 saturated carbocycles. The average molecular weight is 427 g/mol. The van der Waals surface area contributed by atoms with Gasteiger partial charge in [-0.25, -0.2) is 9.59 Å². The minimum atomic E-state index is -1.82. The first-order chi connectivity index (χ1) is 15.0. The third-order valence-corrected chi connectivity index (χ3v) is 5.98. The predicted octanol–water partition coefficient (Wildman–Crippen LogP) is 3.22. The summed E-state index contributed by atoms with van der Waals surface area (Å²) in [5, 5.41) is 17.4. The Balaban J connectivity index is 0.000000401. The molecular formula is C24H30N2O5. The van der Waals surface area contributed by atoms with Gasteiger partial charge in [-0.05, 0) is 55.0 Å². The fourth-order valence-corrected chi connectivity index (χ4v) is 4.44. The number of fused-ring (bicyclic) bond motifs is 1. The molecule has 2 aliphatic rings. The second-order valence-corrected chi connectivity index (χ2v) is 8.21. The number of carboxylic acids is 2. The summed E-state index contributed by atoms with van der Waals surface area (Å²) in [6, 6.07) is 15.2. The summed E-state index contributed by atoms with van der Waals surface area (Å²) in [6.07, 6.45) is 5.83. The molecule has 1 atom stereocenters. The van der Waals surface area contributed by atoms with Crippen LogP contribution in [0, 0.1) is 5.92 Å². The second kappa shape index (κ2) is 10.9. The Morgan fingerprint density at radius 1 is 0.839 bits per heavy atom. The number of piperidine rings is 2. The molecule has 0 aromatic heterocycles. The Kier molecular flexibility index (Phi) is 8.00. The Bertz CT molecular complexity index is 906. The summed E-state index contributed by atoms with van der Waals surface area (Å²) in [4.78, 5) is 35.7. The normalized spacial score (nSPS) is 19.4. The van der Waals surface area contributed by atoms with E-state index in [-0.39, 0.29) is 5.92 Å². The van der Waals surface area contributed by atoms with Gasteiger partial charge >= 0.3 is 11.9 Å². The maximum atomic E-state index is 12.9. The van der Waals surface area contributed by atoms with Crippen LogP contribution in [-0.2, 0) is 20.9 Å². The largest absolute Gasteiger partial charge is 0.473 e. The molecule has 4 rings (SSSR count). The maximum absolute atomic E-state index is 12.9. The van der Waals surface area contributed by atoms with Gasteiger partial charge in [-0.3, -0.25) is 9.69 Å². The molecule has 1 amide bonds. The van der Waals surface area contributed by atoms with E-state index in [0.717, 1.165) is 45.6 Å². The van der Waals surface area contributed by atoms with E-state index >= 15 is 0 Å². The van der Waals surface area contributed by atoms with Crippen LogP contribution in [0.4, 0.5) is 0 Å². The van der Waals surface area contributed by atoms with Crippen LogP contribution in [0.3, 0.4) is 0 Å². The number of amides is 1. The highest BCUT2D eigenvalue weighted by molar-refractivity contribution is 6.27. The number of rotatable bonds is 3. The van der Waals surface area contributed by atoms with E-state index < -0.39 is 11.9 Å².